The number of hydrogen-bond acceptors (Lipinski definition) is 6. The number of thioether (sulfide) groups is 1. The zero-order chi connectivity index (χ0) is 26.3. The standard InChI is InChI=1S/C24H25Cl2N5O2S.C2H6/c25-18-11-15(7-8-24(14-32)9-10-24)1-5-20(18)29-22(33)13-34-23(30-27)31(28)21-6-4-17(12-19(21)26)16-2-3-16;1-2/h1,4-6,11-12,16,32H,2-3,9-10,13-14,27-28H2,(H,29,33);1-2H3/b30-23+;. The summed E-state index contributed by atoms with van der Waals surface area (Å²) < 4.78 is 0. The first-order valence-electron chi connectivity index (χ1n) is 11.8. The molecule has 0 heterocycles. The van der Waals surface area contributed by atoms with Gasteiger partial charge in [-0.2, -0.15) is 5.10 Å². The first-order chi connectivity index (χ1) is 17.3. The number of nitrogens with one attached hydrogen (secondary N) is 1. The van der Waals surface area contributed by atoms with E-state index in [4.69, 9.17) is 34.9 Å². The van der Waals surface area contributed by atoms with Crippen LogP contribution in [0.5, 0.6) is 0 Å². The molecule has 0 atom stereocenters. The number of amidine groups is 1. The van der Waals surface area contributed by atoms with Crippen LogP contribution in [0.25, 0.3) is 0 Å². The van der Waals surface area contributed by atoms with E-state index < -0.39 is 0 Å². The van der Waals surface area contributed by atoms with Crippen molar-refractivity contribution in [3.8, 4) is 11.8 Å². The smallest absolute Gasteiger partial charge is 0.234 e. The Bertz CT molecular complexity index is 1190. The highest BCUT2D eigenvalue weighted by Gasteiger charge is 2.40. The van der Waals surface area contributed by atoms with Crippen LogP contribution in [0, 0.1) is 17.3 Å². The molecule has 6 N–H and O–H groups in total. The quantitative estimate of drug-likeness (QED) is 0.128. The van der Waals surface area contributed by atoms with Crippen LogP contribution in [-0.4, -0.2) is 28.5 Å². The van der Waals surface area contributed by atoms with Gasteiger partial charge in [-0.3, -0.25) is 9.80 Å². The van der Waals surface area contributed by atoms with Gasteiger partial charge in [-0.1, -0.05) is 66.7 Å². The number of nitrogens with two attached hydrogens (primary N) is 2. The lowest BCUT2D eigenvalue weighted by atomic mass is 10.1. The van der Waals surface area contributed by atoms with E-state index in [2.05, 4.69) is 22.3 Å². The van der Waals surface area contributed by atoms with Crippen LogP contribution in [0.4, 0.5) is 11.4 Å². The molecule has 0 aliphatic heterocycles. The lowest BCUT2D eigenvalue weighted by molar-refractivity contribution is -0.113. The van der Waals surface area contributed by atoms with Crippen LogP contribution in [0.2, 0.25) is 10.0 Å². The molecule has 0 spiro atoms. The number of amides is 1. The molecule has 2 fully saturated rings. The predicted octanol–water partition coefficient (Wildman–Crippen LogP) is 5.30. The fourth-order valence-corrected chi connectivity index (χ4v) is 4.50. The summed E-state index contributed by atoms with van der Waals surface area (Å²) >= 11 is 13.8. The Morgan fingerprint density at radius 3 is 2.50 bits per heavy atom. The monoisotopic (exact) mass is 547 g/mol. The predicted molar refractivity (Wildman–Crippen MR) is 151 cm³/mol. The van der Waals surface area contributed by atoms with Gasteiger partial charge >= 0.3 is 0 Å². The van der Waals surface area contributed by atoms with Crippen LogP contribution in [0.3, 0.4) is 0 Å². The number of rotatable bonds is 6. The lowest BCUT2D eigenvalue weighted by Crippen LogP contribution is -2.37. The summed E-state index contributed by atoms with van der Waals surface area (Å²) in [6.45, 7) is 4.06. The van der Waals surface area contributed by atoms with Crippen LogP contribution in [0.1, 0.15) is 56.6 Å². The molecule has 2 aromatic rings. The molecule has 192 valence electrons. The van der Waals surface area contributed by atoms with Crippen molar-refractivity contribution in [2.75, 3.05) is 22.7 Å². The summed E-state index contributed by atoms with van der Waals surface area (Å²) in [7, 11) is 0. The minimum absolute atomic E-state index is 0.0123. The van der Waals surface area contributed by atoms with Crippen LogP contribution >= 0.6 is 35.0 Å². The molecule has 1 amide bonds. The summed E-state index contributed by atoms with van der Waals surface area (Å²) in [5, 5.41) is 18.2. The minimum atomic E-state index is -0.298. The third-order valence-corrected chi connectivity index (χ3v) is 7.38. The molecule has 0 radical (unpaired) electrons. The second-order valence-electron chi connectivity index (χ2n) is 8.49. The number of anilines is 2. The van der Waals surface area contributed by atoms with Crippen molar-refractivity contribution in [3.05, 3.63) is 57.6 Å². The molecular formula is C26H31Cl2N5O2S. The van der Waals surface area contributed by atoms with E-state index in [-0.39, 0.29) is 28.8 Å². The molecule has 2 aliphatic rings. The van der Waals surface area contributed by atoms with E-state index in [1.807, 2.05) is 32.0 Å². The van der Waals surface area contributed by atoms with Gasteiger partial charge in [0.25, 0.3) is 0 Å². The second kappa shape index (κ2) is 12.7. The van der Waals surface area contributed by atoms with Crippen molar-refractivity contribution >= 4 is 57.4 Å². The zero-order valence-corrected chi connectivity index (χ0v) is 22.7. The molecule has 4 rings (SSSR count). The summed E-state index contributed by atoms with van der Waals surface area (Å²) in [5.41, 5.74) is 2.67. The summed E-state index contributed by atoms with van der Waals surface area (Å²) in [4.78, 5) is 12.5. The highest BCUT2D eigenvalue weighted by Crippen LogP contribution is 2.44. The maximum Gasteiger partial charge on any atom is 0.234 e. The Morgan fingerprint density at radius 1 is 1.22 bits per heavy atom. The summed E-state index contributed by atoms with van der Waals surface area (Å²) in [5.74, 6) is 18.1. The molecule has 0 saturated heterocycles. The van der Waals surface area contributed by atoms with Crippen molar-refractivity contribution in [2.24, 2.45) is 22.2 Å². The highest BCUT2D eigenvalue weighted by atomic mass is 35.5. The third-order valence-electron chi connectivity index (χ3n) is 5.80. The Labute approximate surface area is 226 Å². The number of benzene rings is 2. The first-order valence-corrected chi connectivity index (χ1v) is 13.6. The molecule has 10 heteroatoms. The van der Waals surface area contributed by atoms with Gasteiger partial charge in [-0.05, 0) is 67.5 Å². The lowest BCUT2D eigenvalue weighted by Gasteiger charge is -2.21. The molecule has 2 saturated carbocycles. The van der Waals surface area contributed by atoms with Gasteiger partial charge < -0.3 is 16.3 Å². The molecule has 7 nitrogen and oxygen atoms in total. The van der Waals surface area contributed by atoms with E-state index in [1.165, 1.54) is 23.4 Å². The number of halogens is 2. The van der Waals surface area contributed by atoms with E-state index >= 15 is 0 Å². The molecule has 0 unspecified atom stereocenters. The van der Waals surface area contributed by atoms with Crippen LogP contribution in [-0.2, 0) is 4.79 Å². The van der Waals surface area contributed by atoms with E-state index in [1.54, 1.807) is 18.2 Å². The zero-order valence-electron chi connectivity index (χ0n) is 20.4. The van der Waals surface area contributed by atoms with Crippen LogP contribution in [0.15, 0.2) is 41.5 Å². The second-order valence-corrected chi connectivity index (χ2v) is 10.2. The largest absolute Gasteiger partial charge is 0.395 e. The maximum absolute atomic E-state index is 12.5. The van der Waals surface area contributed by atoms with Gasteiger partial charge in [-0.15, -0.1) is 0 Å². The third kappa shape index (κ3) is 7.31. The molecule has 36 heavy (non-hydrogen) atoms. The molecule has 0 bridgehead atoms. The van der Waals surface area contributed by atoms with E-state index in [0.29, 0.717) is 27.3 Å². The van der Waals surface area contributed by atoms with Crippen molar-refractivity contribution in [1.29, 1.82) is 0 Å². The number of aliphatic hydroxyl groups is 1. The number of nitrogens with zero attached hydrogens (tertiary/aromatic N) is 2. The van der Waals surface area contributed by atoms with Crippen molar-refractivity contribution in [2.45, 2.75) is 45.4 Å². The Kier molecular flexibility index (Phi) is 9.94. The average molecular weight is 549 g/mol. The normalized spacial score (nSPS) is 15.7. The van der Waals surface area contributed by atoms with Crippen molar-refractivity contribution in [1.82, 2.24) is 0 Å². The number of carbonyl (C=O) groups is 1. The number of carbonyl (C=O) groups excluding carboxylic acids is 1. The Hall–Kier alpha value is -2.41. The van der Waals surface area contributed by atoms with Gasteiger partial charge in [0.2, 0.25) is 11.1 Å². The van der Waals surface area contributed by atoms with Gasteiger partial charge in [-0.25, -0.2) is 5.84 Å². The van der Waals surface area contributed by atoms with Gasteiger partial charge in [0.15, 0.2) is 0 Å². The topological polar surface area (TPSA) is 117 Å². The van der Waals surface area contributed by atoms with Gasteiger partial charge in [0.05, 0.1) is 39.2 Å². The van der Waals surface area contributed by atoms with E-state index in [0.717, 1.165) is 30.2 Å². The molecular weight excluding hydrogens is 517 g/mol. The van der Waals surface area contributed by atoms with E-state index in [9.17, 15) is 9.90 Å². The highest BCUT2D eigenvalue weighted by molar-refractivity contribution is 8.14. The summed E-state index contributed by atoms with van der Waals surface area (Å²) in [6.07, 6.45) is 4.16. The fourth-order valence-electron chi connectivity index (χ4n) is 3.35. The van der Waals surface area contributed by atoms with Crippen LogP contribution < -0.4 is 22.0 Å². The SMILES string of the molecule is CC.N/N=C(/SCC(=O)Nc1ccc(C#CC2(CO)CC2)cc1Cl)N(N)c1ccc(C2CC2)cc1Cl. The number of hydrazine groups is 1. The van der Waals surface area contributed by atoms with Crippen molar-refractivity contribution < 1.29 is 9.90 Å². The van der Waals surface area contributed by atoms with Crippen molar-refractivity contribution in [3.63, 3.8) is 0 Å². The Balaban J connectivity index is 0.00000176. The first kappa shape index (κ1) is 28.2. The molecule has 0 aromatic heterocycles. The Morgan fingerprint density at radius 2 is 1.94 bits per heavy atom. The number of hydrogen-bond donors (Lipinski definition) is 4. The maximum atomic E-state index is 12.5. The molecule has 2 aliphatic carbocycles. The molecule has 2 aromatic carbocycles. The number of hydrazone groups is 1. The average Bonchev–Trinajstić information content (AvgIpc) is 3.81. The number of aliphatic hydroxyl groups excluding tert-OH is 1. The van der Waals surface area contributed by atoms with Gasteiger partial charge in [0.1, 0.15) is 0 Å². The van der Waals surface area contributed by atoms with Gasteiger partial charge in [0, 0.05) is 5.56 Å². The fraction of sp³-hybridized carbons (Fsp3) is 0.385. The summed E-state index contributed by atoms with van der Waals surface area (Å²) in [6, 6.07) is 10.9. The minimum Gasteiger partial charge on any atom is -0.395 e.